The molecule has 1 heterocycles. The van der Waals surface area contributed by atoms with Gasteiger partial charge in [0.25, 0.3) is 5.91 Å². The lowest BCUT2D eigenvalue weighted by Crippen LogP contribution is -2.35. The van der Waals surface area contributed by atoms with Gasteiger partial charge >= 0.3 is 10.2 Å². The number of H-pyrrole nitrogens is 1. The third kappa shape index (κ3) is 3.46. The Morgan fingerprint density at radius 3 is 2.48 bits per heavy atom. The Bertz CT molecular complexity index is 965. The van der Waals surface area contributed by atoms with E-state index in [0.29, 0.717) is 16.1 Å². The molecule has 3 N–H and O–H groups in total. The zero-order chi connectivity index (χ0) is 16.4. The Labute approximate surface area is 137 Å². The first kappa shape index (κ1) is 15.4. The van der Waals surface area contributed by atoms with E-state index in [1.54, 1.807) is 30.3 Å². The molecule has 8 heteroatoms. The van der Waals surface area contributed by atoms with Gasteiger partial charge in [0.05, 0.1) is 11.3 Å². The van der Waals surface area contributed by atoms with Crippen LogP contribution in [-0.4, -0.2) is 19.3 Å². The van der Waals surface area contributed by atoms with Gasteiger partial charge in [-0.1, -0.05) is 29.8 Å². The zero-order valence-electron chi connectivity index (χ0n) is 11.7. The highest BCUT2D eigenvalue weighted by molar-refractivity contribution is 7.91. The van der Waals surface area contributed by atoms with Crippen molar-refractivity contribution in [2.75, 3.05) is 4.72 Å². The number of para-hydroxylation sites is 1. The number of carbonyl (C=O) groups excluding carboxylic acids is 1. The minimum atomic E-state index is -4.05. The molecule has 0 saturated heterocycles. The summed E-state index contributed by atoms with van der Waals surface area (Å²) in [6.45, 7) is 0. The summed E-state index contributed by atoms with van der Waals surface area (Å²) in [5, 5.41) is 1.13. The minimum Gasteiger partial charge on any atom is -0.360 e. The smallest absolute Gasteiger partial charge is 0.323 e. The largest absolute Gasteiger partial charge is 0.360 e. The summed E-state index contributed by atoms with van der Waals surface area (Å²) in [7, 11) is -4.05. The second-order valence-corrected chi connectivity index (χ2v) is 6.64. The van der Waals surface area contributed by atoms with E-state index in [-0.39, 0.29) is 5.56 Å². The van der Waals surface area contributed by atoms with Gasteiger partial charge in [0, 0.05) is 22.1 Å². The zero-order valence-corrected chi connectivity index (χ0v) is 13.3. The van der Waals surface area contributed by atoms with Crippen molar-refractivity contribution >= 4 is 44.3 Å². The first-order chi connectivity index (χ1) is 10.9. The Balaban J connectivity index is 1.80. The third-order valence-electron chi connectivity index (χ3n) is 3.16. The highest BCUT2D eigenvalue weighted by atomic mass is 35.5. The fraction of sp³-hybridized carbons (Fsp3) is 0. The van der Waals surface area contributed by atoms with Crippen LogP contribution < -0.4 is 9.44 Å². The molecule has 0 fully saturated rings. The molecule has 0 atom stereocenters. The Morgan fingerprint density at radius 1 is 1.04 bits per heavy atom. The van der Waals surface area contributed by atoms with E-state index in [4.69, 9.17) is 11.6 Å². The summed E-state index contributed by atoms with van der Waals surface area (Å²) in [5.41, 5.74) is 1.30. The van der Waals surface area contributed by atoms with Crippen molar-refractivity contribution in [1.82, 2.24) is 9.71 Å². The lowest BCUT2D eigenvalue weighted by molar-refractivity contribution is 0.0983. The first-order valence-electron chi connectivity index (χ1n) is 6.61. The molecular weight excluding hydrogens is 338 g/mol. The summed E-state index contributed by atoms with van der Waals surface area (Å²) in [6, 6.07) is 13.2. The van der Waals surface area contributed by atoms with Crippen LogP contribution in [0.2, 0.25) is 5.02 Å². The molecule has 0 saturated carbocycles. The number of nitrogens with one attached hydrogen (secondary N) is 3. The van der Waals surface area contributed by atoms with Crippen LogP contribution in [0.25, 0.3) is 10.9 Å². The second kappa shape index (κ2) is 5.94. The van der Waals surface area contributed by atoms with Crippen LogP contribution in [0, 0.1) is 0 Å². The van der Waals surface area contributed by atoms with E-state index in [2.05, 4.69) is 9.71 Å². The highest BCUT2D eigenvalue weighted by Gasteiger charge is 2.18. The van der Waals surface area contributed by atoms with Crippen LogP contribution in [0.3, 0.4) is 0 Å². The van der Waals surface area contributed by atoms with Gasteiger partial charge in [0.1, 0.15) is 0 Å². The molecule has 6 nitrogen and oxygen atoms in total. The normalized spacial score (nSPS) is 11.3. The van der Waals surface area contributed by atoms with Crippen molar-refractivity contribution in [2.24, 2.45) is 0 Å². The summed E-state index contributed by atoms with van der Waals surface area (Å²) in [4.78, 5) is 15.1. The van der Waals surface area contributed by atoms with Gasteiger partial charge in [-0.05, 0) is 30.3 Å². The van der Waals surface area contributed by atoms with Gasteiger partial charge in [-0.2, -0.15) is 8.42 Å². The number of benzene rings is 2. The molecule has 23 heavy (non-hydrogen) atoms. The predicted octanol–water partition coefficient (Wildman–Crippen LogP) is 2.91. The summed E-state index contributed by atoms with van der Waals surface area (Å²) in [6.07, 6.45) is 1.47. The number of anilines is 1. The standard InChI is InChI=1S/C15H12ClN3O3S/c16-10-5-7-11(8-6-10)18-23(21,22)19-15(20)13-9-17-14-4-2-1-3-12(13)14/h1-9,17-18H,(H,19,20). The Hall–Kier alpha value is -2.51. The number of hydrogen-bond donors (Lipinski definition) is 3. The number of aromatic nitrogens is 1. The first-order valence-corrected chi connectivity index (χ1v) is 8.47. The van der Waals surface area contributed by atoms with Crippen LogP contribution >= 0.6 is 11.6 Å². The molecule has 0 spiro atoms. The third-order valence-corrected chi connectivity index (χ3v) is 4.37. The highest BCUT2D eigenvalue weighted by Crippen LogP contribution is 2.18. The van der Waals surface area contributed by atoms with Gasteiger partial charge < -0.3 is 4.98 Å². The number of fused-ring (bicyclic) bond motifs is 1. The Kier molecular flexibility index (Phi) is 3.97. The fourth-order valence-electron chi connectivity index (χ4n) is 2.13. The molecule has 0 aliphatic heterocycles. The minimum absolute atomic E-state index is 0.252. The molecule has 118 valence electrons. The van der Waals surface area contributed by atoms with Gasteiger partial charge in [-0.3, -0.25) is 9.52 Å². The number of carbonyl (C=O) groups is 1. The van der Waals surface area contributed by atoms with Crippen LogP contribution in [0.4, 0.5) is 5.69 Å². The van der Waals surface area contributed by atoms with Crippen molar-refractivity contribution in [3.05, 3.63) is 65.3 Å². The van der Waals surface area contributed by atoms with Gasteiger partial charge in [0.2, 0.25) is 0 Å². The maximum absolute atomic E-state index is 12.2. The predicted molar refractivity (Wildman–Crippen MR) is 89.8 cm³/mol. The van der Waals surface area contributed by atoms with E-state index in [1.165, 1.54) is 18.3 Å². The molecule has 1 amide bonds. The fourth-order valence-corrected chi connectivity index (χ4v) is 3.11. The lowest BCUT2D eigenvalue weighted by atomic mass is 10.2. The van der Waals surface area contributed by atoms with Crippen LogP contribution in [0.15, 0.2) is 54.7 Å². The van der Waals surface area contributed by atoms with E-state index in [9.17, 15) is 13.2 Å². The summed E-state index contributed by atoms with van der Waals surface area (Å²) in [5.74, 6) is -0.719. The Morgan fingerprint density at radius 2 is 1.74 bits per heavy atom. The van der Waals surface area contributed by atoms with Crippen LogP contribution in [-0.2, 0) is 10.2 Å². The van der Waals surface area contributed by atoms with Crippen LogP contribution in [0.5, 0.6) is 0 Å². The molecule has 0 bridgehead atoms. The molecule has 0 radical (unpaired) electrons. The van der Waals surface area contributed by atoms with Gasteiger partial charge in [-0.15, -0.1) is 0 Å². The monoisotopic (exact) mass is 349 g/mol. The lowest BCUT2D eigenvalue weighted by Gasteiger charge is -2.09. The van der Waals surface area contributed by atoms with E-state index in [1.807, 2.05) is 10.8 Å². The molecule has 0 aliphatic rings. The van der Waals surface area contributed by atoms with Crippen molar-refractivity contribution in [3.63, 3.8) is 0 Å². The number of halogens is 1. The topological polar surface area (TPSA) is 91.1 Å². The maximum Gasteiger partial charge on any atom is 0.323 e. The molecular formula is C15H12ClN3O3S. The van der Waals surface area contributed by atoms with Crippen molar-refractivity contribution in [2.45, 2.75) is 0 Å². The van der Waals surface area contributed by atoms with Crippen molar-refractivity contribution < 1.29 is 13.2 Å². The van der Waals surface area contributed by atoms with Crippen LogP contribution in [0.1, 0.15) is 10.4 Å². The molecule has 0 unspecified atom stereocenters. The molecule has 3 aromatic rings. The van der Waals surface area contributed by atoms with E-state index in [0.717, 1.165) is 5.52 Å². The SMILES string of the molecule is O=C(NS(=O)(=O)Nc1ccc(Cl)cc1)c1c[nH]c2ccccc12. The average molecular weight is 350 g/mol. The number of aromatic amines is 1. The molecule has 0 aliphatic carbocycles. The second-order valence-electron chi connectivity index (χ2n) is 4.79. The number of hydrogen-bond acceptors (Lipinski definition) is 3. The maximum atomic E-state index is 12.2. The molecule has 2 aromatic carbocycles. The number of rotatable bonds is 4. The quantitative estimate of drug-likeness (QED) is 0.676. The van der Waals surface area contributed by atoms with E-state index >= 15 is 0 Å². The summed E-state index contributed by atoms with van der Waals surface area (Å²) < 4.78 is 28.3. The molecule has 1 aromatic heterocycles. The number of amides is 1. The average Bonchev–Trinajstić information content (AvgIpc) is 2.93. The van der Waals surface area contributed by atoms with Crippen molar-refractivity contribution in [1.29, 1.82) is 0 Å². The van der Waals surface area contributed by atoms with Gasteiger partial charge in [0.15, 0.2) is 0 Å². The van der Waals surface area contributed by atoms with Gasteiger partial charge in [-0.25, -0.2) is 4.72 Å². The van der Waals surface area contributed by atoms with E-state index < -0.39 is 16.1 Å². The van der Waals surface area contributed by atoms with Crippen molar-refractivity contribution in [3.8, 4) is 0 Å². The summed E-state index contributed by atoms with van der Waals surface area (Å²) >= 11 is 5.74. The molecule has 3 rings (SSSR count).